The molecule has 0 aromatic heterocycles. The lowest BCUT2D eigenvalue weighted by atomic mass is 10.0. The molecule has 0 bridgehead atoms. The van der Waals surface area contributed by atoms with Crippen LogP contribution in [0, 0.1) is 0 Å². The van der Waals surface area contributed by atoms with E-state index in [0.29, 0.717) is 18.6 Å². The molecule has 0 spiro atoms. The normalized spacial score (nSPS) is 21.6. The number of nitrogens with zero attached hydrogens (tertiary/aromatic N) is 2. The molecule has 1 aromatic rings. The Balaban J connectivity index is 2.17. The fourth-order valence-corrected chi connectivity index (χ4v) is 3.16. The quantitative estimate of drug-likeness (QED) is 0.884. The summed E-state index contributed by atoms with van der Waals surface area (Å²) in [6.45, 7) is 4.18. The van der Waals surface area contributed by atoms with Gasteiger partial charge < -0.3 is 10.6 Å². The Bertz CT molecular complexity index is 385. The van der Waals surface area contributed by atoms with Gasteiger partial charge in [-0.2, -0.15) is 0 Å². The van der Waals surface area contributed by atoms with Gasteiger partial charge in [0.2, 0.25) is 0 Å². The van der Waals surface area contributed by atoms with E-state index in [0.717, 1.165) is 0 Å². The van der Waals surface area contributed by atoms with Gasteiger partial charge in [0.05, 0.1) is 0 Å². The van der Waals surface area contributed by atoms with E-state index in [-0.39, 0.29) is 0 Å². The molecule has 2 N–H and O–H groups in total. The monoisotopic (exact) mass is 261 g/mol. The Kier molecular flexibility index (Phi) is 4.83. The molecule has 2 unspecified atom stereocenters. The van der Waals surface area contributed by atoms with Crippen LogP contribution in [0.1, 0.15) is 37.8 Å². The summed E-state index contributed by atoms with van der Waals surface area (Å²) in [6.07, 6.45) is 3.86. The van der Waals surface area contributed by atoms with E-state index in [2.05, 4.69) is 55.1 Å². The highest BCUT2D eigenvalue weighted by molar-refractivity contribution is 5.46. The van der Waals surface area contributed by atoms with Crippen molar-refractivity contribution in [2.24, 2.45) is 5.73 Å². The van der Waals surface area contributed by atoms with Gasteiger partial charge in [0.1, 0.15) is 0 Å². The summed E-state index contributed by atoms with van der Waals surface area (Å²) in [5, 5.41) is 0. The van der Waals surface area contributed by atoms with Crippen molar-refractivity contribution in [1.29, 1.82) is 0 Å². The summed E-state index contributed by atoms with van der Waals surface area (Å²) in [5.74, 6) is 0. The third-order valence-corrected chi connectivity index (χ3v) is 4.31. The lowest BCUT2D eigenvalue weighted by Crippen LogP contribution is -2.37. The van der Waals surface area contributed by atoms with Crippen LogP contribution in [-0.2, 0) is 0 Å². The summed E-state index contributed by atoms with van der Waals surface area (Å²) in [7, 11) is 4.14. The second kappa shape index (κ2) is 6.40. The summed E-state index contributed by atoms with van der Waals surface area (Å²) in [6, 6.07) is 9.94. The molecule has 2 rings (SSSR count). The molecule has 1 fully saturated rings. The van der Waals surface area contributed by atoms with E-state index in [1.54, 1.807) is 0 Å². The first-order valence-electron chi connectivity index (χ1n) is 7.40. The molecule has 1 aromatic carbocycles. The van der Waals surface area contributed by atoms with E-state index >= 15 is 0 Å². The van der Waals surface area contributed by atoms with Crippen molar-refractivity contribution in [3.8, 4) is 0 Å². The maximum absolute atomic E-state index is 6.05. The minimum absolute atomic E-state index is 0.378. The largest absolute Gasteiger partial charge is 0.378 e. The first-order valence-corrected chi connectivity index (χ1v) is 7.40. The average molecular weight is 261 g/mol. The minimum Gasteiger partial charge on any atom is -0.378 e. The average Bonchev–Trinajstić information content (AvgIpc) is 2.88. The predicted octanol–water partition coefficient (Wildman–Crippen LogP) is 2.63. The standard InChI is InChI=1S/C16H27N3/c1-4-14-6-5-11-19(14)16(12-17)13-7-9-15(10-8-13)18(2)3/h7-10,14,16H,4-6,11-12,17H2,1-3H3. The lowest BCUT2D eigenvalue weighted by molar-refractivity contribution is 0.180. The van der Waals surface area contributed by atoms with E-state index in [1.165, 1.54) is 37.1 Å². The number of hydrogen-bond acceptors (Lipinski definition) is 3. The van der Waals surface area contributed by atoms with Crippen LogP contribution >= 0.6 is 0 Å². The number of nitrogens with two attached hydrogens (primary N) is 1. The van der Waals surface area contributed by atoms with Gasteiger partial charge in [-0.05, 0) is 43.5 Å². The highest BCUT2D eigenvalue weighted by Gasteiger charge is 2.29. The molecule has 3 heteroatoms. The van der Waals surface area contributed by atoms with Crippen molar-refractivity contribution in [2.45, 2.75) is 38.3 Å². The number of hydrogen-bond donors (Lipinski definition) is 1. The summed E-state index contributed by atoms with van der Waals surface area (Å²) < 4.78 is 0. The van der Waals surface area contributed by atoms with Gasteiger partial charge in [0, 0.05) is 38.4 Å². The van der Waals surface area contributed by atoms with E-state index in [9.17, 15) is 0 Å². The van der Waals surface area contributed by atoms with Crippen LogP contribution in [0.3, 0.4) is 0 Å². The smallest absolute Gasteiger partial charge is 0.0473 e. The molecular formula is C16H27N3. The van der Waals surface area contributed by atoms with Crippen LogP contribution in [0.5, 0.6) is 0 Å². The summed E-state index contributed by atoms with van der Waals surface area (Å²) in [5.41, 5.74) is 8.65. The van der Waals surface area contributed by atoms with E-state index < -0.39 is 0 Å². The molecule has 0 aliphatic carbocycles. The number of benzene rings is 1. The Morgan fingerprint density at radius 1 is 1.32 bits per heavy atom. The molecule has 0 radical (unpaired) electrons. The SMILES string of the molecule is CCC1CCCN1C(CN)c1ccc(N(C)C)cc1. The molecule has 2 atom stereocenters. The van der Waals surface area contributed by atoms with Gasteiger partial charge >= 0.3 is 0 Å². The van der Waals surface area contributed by atoms with Gasteiger partial charge in [0.15, 0.2) is 0 Å². The van der Waals surface area contributed by atoms with Crippen LogP contribution in [0.25, 0.3) is 0 Å². The molecule has 1 aliphatic heterocycles. The maximum atomic E-state index is 6.05. The number of anilines is 1. The van der Waals surface area contributed by atoms with Crippen molar-refractivity contribution in [2.75, 3.05) is 32.1 Å². The zero-order valence-electron chi connectivity index (χ0n) is 12.5. The third-order valence-electron chi connectivity index (χ3n) is 4.31. The second-order valence-electron chi connectivity index (χ2n) is 5.68. The van der Waals surface area contributed by atoms with Crippen LogP contribution in [0.15, 0.2) is 24.3 Å². The third kappa shape index (κ3) is 3.10. The lowest BCUT2D eigenvalue weighted by Gasteiger charge is -2.32. The van der Waals surface area contributed by atoms with Gasteiger partial charge in [-0.1, -0.05) is 19.1 Å². The van der Waals surface area contributed by atoms with Crippen LogP contribution < -0.4 is 10.6 Å². The topological polar surface area (TPSA) is 32.5 Å². The Hall–Kier alpha value is -1.06. The first-order chi connectivity index (χ1) is 9.17. The van der Waals surface area contributed by atoms with Crippen LogP contribution in [-0.4, -0.2) is 38.1 Å². The molecule has 1 heterocycles. The van der Waals surface area contributed by atoms with Crippen molar-refractivity contribution >= 4 is 5.69 Å². The zero-order valence-corrected chi connectivity index (χ0v) is 12.5. The molecule has 1 saturated heterocycles. The molecule has 106 valence electrons. The molecular weight excluding hydrogens is 234 g/mol. The summed E-state index contributed by atoms with van der Waals surface area (Å²) in [4.78, 5) is 4.73. The molecule has 3 nitrogen and oxygen atoms in total. The molecule has 0 amide bonds. The fraction of sp³-hybridized carbons (Fsp3) is 0.625. The number of rotatable bonds is 5. The van der Waals surface area contributed by atoms with Gasteiger partial charge in [-0.15, -0.1) is 0 Å². The molecule has 0 saturated carbocycles. The minimum atomic E-state index is 0.378. The van der Waals surface area contributed by atoms with E-state index in [4.69, 9.17) is 5.73 Å². The molecule has 19 heavy (non-hydrogen) atoms. The van der Waals surface area contributed by atoms with Crippen molar-refractivity contribution in [1.82, 2.24) is 4.90 Å². The van der Waals surface area contributed by atoms with Crippen LogP contribution in [0.4, 0.5) is 5.69 Å². The highest BCUT2D eigenvalue weighted by Crippen LogP contribution is 2.30. The highest BCUT2D eigenvalue weighted by atomic mass is 15.2. The summed E-state index contributed by atoms with van der Waals surface area (Å²) >= 11 is 0. The van der Waals surface area contributed by atoms with Crippen molar-refractivity contribution < 1.29 is 0 Å². The Morgan fingerprint density at radius 3 is 2.53 bits per heavy atom. The molecule has 1 aliphatic rings. The predicted molar refractivity (Wildman–Crippen MR) is 82.6 cm³/mol. The van der Waals surface area contributed by atoms with E-state index in [1.807, 2.05) is 0 Å². The first kappa shape index (κ1) is 14.4. The van der Waals surface area contributed by atoms with Gasteiger partial charge in [-0.3, -0.25) is 4.90 Å². The number of likely N-dealkylation sites (tertiary alicyclic amines) is 1. The maximum Gasteiger partial charge on any atom is 0.0473 e. The van der Waals surface area contributed by atoms with Crippen LogP contribution in [0.2, 0.25) is 0 Å². The Labute approximate surface area is 117 Å². The zero-order chi connectivity index (χ0) is 13.8. The van der Waals surface area contributed by atoms with Gasteiger partial charge in [0.25, 0.3) is 0 Å². The van der Waals surface area contributed by atoms with Crippen molar-refractivity contribution in [3.05, 3.63) is 29.8 Å². The second-order valence-corrected chi connectivity index (χ2v) is 5.68. The van der Waals surface area contributed by atoms with Crippen molar-refractivity contribution in [3.63, 3.8) is 0 Å². The Morgan fingerprint density at radius 2 is 2.00 bits per heavy atom. The fourth-order valence-electron chi connectivity index (χ4n) is 3.16. The van der Waals surface area contributed by atoms with Gasteiger partial charge in [-0.25, -0.2) is 0 Å².